The maximum absolute atomic E-state index is 12.9. The van der Waals surface area contributed by atoms with Crippen molar-refractivity contribution in [3.63, 3.8) is 0 Å². The van der Waals surface area contributed by atoms with Gasteiger partial charge in [-0.2, -0.15) is 0 Å². The predicted octanol–water partition coefficient (Wildman–Crippen LogP) is 22.4. The van der Waals surface area contributed by atoms with Gasteiger partial charge in [0, 0.05) is 19.3 Å². The summed E-state index contributed by atoms with van der Waals surface area (Å²) in [6.45, 7) is 6.39. The predicted molar refractivity (Wildman–Crippen MR) is 334 cm³/mol. The van der Waals surface area contributed by atoms with Crippen LogP contribution in [0.1, 0.15) is 316 Å². The van der Waals surface area contributed by atoms with E-state index in [1.165, 1.54) is 148 Å². The molecule has 442 valence electrons. The Morgan fingerprint density at radius 1 is 0.273 bits per heavy atom. The Bertz CT molecular complexity index is 1510. The van der Waals surface area contributed by atoms with Crippen LogP contribution in [0.2, 0.25) is 0 Å². The van der Waals surface area contributed by atoms with Gasteiger partial charge in [0.25, 0.3) is 0 Å². The standard InChI is InChI=1S/C71H122O6/c1-4-7-10-13-16-19-22-25-27-28-29-30-31-32-33-34-35-36-37-38-39-40-41-42-44-46-49-52-55-58-61-64-70(73)76-67-68(66-75-69(72)63-60-57-54-51-48-45-24-21-18-15-12-9-6-3)77-71(74)65-62-59-56-53-50-47-43-26-23-20-17-14-11-8-5-2/h8-9,11-12,17-18,20-22,25-26,28-29,43,45,48,68H,4-7,10,13-16,19,23-24,27,30-42,44,46-47,49-67H2,1-3H3/b11-8-,12-9-,20-17-,21-18-,25-22-,29-28-,43-26-,48-45-. The molecule has 6 heteroatoms. The average molecular weight is 1070 g/mol. The Balaban J connectivity index is 4.18. The lowest BCUT2D eigenvalue weighted by Gasteiger charge is -2.18. The number of ether oxygens (including phenoxy) is 3. The molecule has 0 fully saturated rings. The van der Waals surface area contributed by atoms with E-state index in [1.807, 2.05) is 0 Å². The SMILES string of the molecule is CC/C=C\C/C=C\C/C=C\CCCCCCCC(=O)OC(COC(=O)CCCCC/C=C\C/C=C\C/C=C\CC)COC(=O)CCCCCCCCCCCCCCCCCCCCC/C=C\C/C=C\CCCCCCC. The average Bonchev–Trinajstić information content (AvgIpc) is 3.43. The minimum Gasteiger partial charge on any atom is -0.462 e. The first-order valence-corrected chi connectivity index (χ1v) is 32.7. The van der Waals surface area contributed by atoms with E-state index in [1.54, 1.807) is 0 Å². The van der Waals surface area contributed by atoms with E-state index in [2.05, 4.69) is 118 Å². The molecule has 0 saturated carbocycles. The highest BCUT2D eigenvalue weighted by Crippen LogP contribution is 2.17. The molecular formula is C71H122O6. The number of esters is 3. The zero-order valence-electron chi connectivity index (χ0n) is 50.7. The van der Waals surface area contributed by atoms with Gasteiger partial charge in [-0.25, -0.2) is 0 Å². The van der Waals surface area contributed by atoms with Crippen LogP contribution in [0.4, 0.5) is 0 Å². The molecule has 0 spiro atoms. The maximum Gasteiger partial charge on any atom is 0.306 e. The molecule has 1 atom stereocenters. The number of carbonyl (C=O) groups excluding carboxylic acids is 3. The third-order valence-corrected chi connectivity index (χ3v) is 14.1. The zero-order valence-corrected chi connectivity index (χ0v) is 50.7. The molecule has 0 amide bonds. The van der Waals surface area contributed by atoms with Crippen molar-refractivity contribution in [3.05, 3.63) is 97.2 Å². The molecule has 0 radical (unpaired) electrons. The molecule has 0 aliphatic heterocycles. The van der Waals surface area contributed by atoms with Gasteiger partial charge in [0.2, 0.25) is 0 Å². The van der Waals surface area contributed by atoms with E-state index < -0.39 is 6.10 Å². The van der Waals surface area contributed by atoms with Crippen LogP contribution in [0.3, 0.4) is 0 Å². The molecule has 0 bridgehead atoms. The maximum atomic E-state index is 12.9. The summed E-state index contributed by atoms with van der Waals surface area (Å²) in [4.78, 5) is 38.2. The van der Waals surface area contributed by atoms with Gasteiger partial charge in [0.1, 0.15) is 13.2 Å². The van der Waals surface area contributed by atoms with Crippen LogP contribution in [0.15, 0.2) is 97.2 Å². The summed E-state index contributed by atoms with van der Waals surface area (Å²) in [7, 11) is 0. The Hall–Kier alpha value is -3.67. The quantitative estimate of drug-likeness (QED) is 0.0261. The van der Waals surface area contributed by atoms with Crippen molar-refractivity contribution in [1.29, 1.82) is 0 Å². The van der Waals surface area contributed by atoms with Gasteiger partial charge in [-0.05, 0) is 116 Å². The van der Waals surface area contributed by atoms with Gasteiger partial charge in [0.15, 0.2) is 6.10 Å². The highest BCUT2D eigenvalue weighted by Gasteiger charge is 2.19. The van der Waals surface area contributed by atoms with Crippen LogP contribution in [0, 0.1) is 0 Å². The fourth-order valence-corrected chi connectivity index (χ4v) is 9.21. The molecule has 0 aliphatic rings. The first-order valence-electron chi connectivity index (χ1n) is 32.7. The second-order valence-electron chi connectivity index (χ2n) is 21.6. The Morgan fingerprint density at radius 3 is 0.805 bits per heavy atom. The smallest absolute Gasteiger partial charge is 0.306 e. The van der Waals surface area contributed by atoms with Crippen LogP contribution in [0.25, 0.3) is 0 Å². The first kappa shape index (κ1) is 73.3. The Kier molecular flexibility index (Phi) is 61.8. The summed E-state index contributed by atoms with van der Waals surface area (Å²) in [6.07, 6.45) is 87.3. The van der Waals surface area contributed by atoms with Crippen LogP contribution in [-0.2, 0) is 28.6 Å². The van der Waals surface area contributed by atoms with E-state index in [0.717, 1.165) is 128 Å². The number of unbranched alkanes of at least 4 members (excludes halogenated alkanes) is 32. The van der Waals surface area contributed by atoms with Gasteiger partial charge in [0.05, 0.1) is 0 Å². The zero-order chi connectivity index (χ0) is 55.7. The highest BCUT2D eigenvalue weighted by molar-refractivity contribution is 5.71. The molecule has 0 rings (SSSR count). The summed E-state index contributed by atoms with van der Waals surface area (Å²) < 4.78 is 16.9. The van der Waals surface area contributed by atoms with Crippen molar-refractivity contribution < 1.29 is 28.6 Å². The number of hydrogen-bond donors (Lipinski definition) is 0. The molecule has 0 aliphatic carbocycles. The number of carbonyl (C=O) groups is 3. The fourth-order valence-electron chi connectivity index (χ4n) is 9.21. The van der Waals surface area contributed by atoms with Crippen molar-refractivity contribution >= 4 is 17.9 Å². The van der Waals surface area contributed by atoms with Gasteiger partial charge >= 0.3 is 17.9 Å². The van der Waals surface area contributed by atoms with Gasteiger partial charge < -0.3 is 14.2 Å². The van der Waals surface area contributed by atoms with Crippen LogP contribution < -0.4 is 0 Å². The Morgan fingerprint density at radius 2 is 0.506 bits per heavy atom. The van der Waals surface area contributed by atoms with Crippen molar-refractivity contribution in [1.82, 2.24) is 0 Å². The molecule has 6 nitrogen and oxygen atoms in total. The number of allylic oxidation sites excluding steroid dienone is 16. The fraction of sp³-hybridized carbons (Fsp3) is 0.732. The monoisotopic (exact) mass is 1070 g/mol. The van der Waals surface area contributed by atoms with Crippen LogP contribution in [0.5, 0.6) is 0 Å². The van der Waals surface area contributed by atoms with E-state index >= 15 is 0 Å². The largest absolute Gasteiger partial charge is 0.462 e. The molecule has 0 saturated heterocycles. The lowest BCUT2D eigenvalue weighted by Crippen LogP contribution is -2.30. The van der Waals surface area contributed by atoms with Crippen LogP contribution >= 0.6 is 0 Å². The third-order valence-electron chi connectivity index (χ3n) is 14.1. The van der Waals surface area contributed by atoms with Crippen molar-refractivity contribution in [2.45, 2.75) is 322 Å². The van der Waals surface area contributed by atoms with Gasteiger partial charge in [-0.15, -0.1) is 0 Å². The first-order chi connectivity index (χ1) is 38.0. The summed E-state index contributed by atoms with van der Waals surface area (Å²) in [5.74, 6) is -0.932. The van der Waals surface area contributed by atoms with E-state index in [-0.39, 0.29) is 31.1 Å². The summed E-state index contributed by atoms with van der Waals surface area (Å²) in [5.41, 5.74) is 0. The molecular weight excluding hydrogens is 949 g/mol. The lowest BCUT2D eigenvalue weighted by atomic mass is 10.0. The molecule has 0 heterocycles. The molecule has 0 aromatic rings. The number of hydrogen-bond acceptors (Lipinski definition) is 6. The molecule has 0 aromatic carbocycles. The van der Waals surface area contributed by atoms with E-state index in [9.17, 15) is 14.4 Å². The molecule has 0 N–H and O–H groups in total. The summed E-state index contributed by atoms with van der Waals surface area (Å²) in [5, 5.41) is 0. The van der Waals surface area contributed by atoms with E-state index in [4.69, 9.17) is 14.2 Å². The molecule has 77 heavy (non-hydrogen) atoms. The van der Waals surface area contributed by atoms with Crippen LogP contribution in [-0.4, -0.2) is 37.2 Å². The minimum absolute atomic E-state index is 0.0924. The normalized spacial score (nSPS) is 12.7. The highest BCUT2D eigenvalue weighted by atomic mass is 16.6. The van der Waals surface area contributed by atoms with Crippen molar-refractivity contribution in [2.24, 2.45) is 0 Å². The van der Waals surface area contributed by atoms with E-state index in [0.29, 0.717) is 19.3 Å². The Labute approximate surface area is 477 Å². The van der Waals surface area contributed by atoms with Crippen molar-refractivity contribution in [2.75, 3.05) is 13.2 Å². The minimum atomic E-state index is -0.799. The topological polar surface area (TPSA) is 78.9 Å². The number of rotatable bonds is 59. The molecule has 1 unspecified atom stereocenters. The lowest BCUT2D eigenvalue weighted by molar-refractivity contribution is -0.167. The summed E-state index contributed by atoms with van der Waals surface area (Å²) >= 11 is 0. The second-order valence-corrected chi connectivity index (χ2v) is 21.6. The summed E-state index contributed by atoms with van der Waals surface area (Å²) in [6, 6.07) is 0. The van der Waals surface area contributed by atoms with Crippen molar-refractivity contribution in [3.8, 4) is 0 Å². The third kappa shape index (κ3) is 63.0. The molecule has 0 aromatic heterocycles. The second kappa shape index (κ2) is 64.9. The van der Waals surface area contributed by atoms with Gasteiger partial charge in [-0.1, -0.05) is 279 Å². The van der Waals surface area contributed by atoms with Gasteiger partial charge in [-0.3, -0.25) is 14.4 Å².